The zero-order valence-electron chi connectivity index (χ0n) is 9.44. The second kappa shape index (κ2) is 5.50. The molecule has 1 aromatic carbocycles. The van der Waals surface area contributed by atoms with Gasteiger partial charge in [-0.25, -0.2) is 4.39 Å². The van der Waals surface area contributed by atoms with E-state index in [0.717, 1.165) is 0 Å². The van der Waals surface area contributed by atoms with Gasteiger partial charge in [0.15, 0.2) is 0 Å². The molecule has 1 aromatic rings. The fraction of sp³-hybridized carbons (Fsp3) is 0.300. The van der Waals surface area contributed by atoms with Crippen molar-refractivity contribution in [3.63, 3.8) is 0 Å². The Balaban J connectivity index is 2.99. The van der Waals surface area contributed by atoms with Gasteiger partial charge in [0.2, 0.25) is 11.7 Å². The number of rotatable bonds is 4. The minimum absolute atomic E-state index is 0.0788. The minimum atomic E-state index is -1.30. The molecule has 0 radical (unpaired) electrons. The van der Waals surface area contributed by atoms with Crippen molar-refractivity contribution in [2.45, 2.75) is 19.4 Å². The van der Waals surface area contributed by atoms with E-state index in [0.29, 0.717) is 12.1 Å². The molecule has 3 N–H and O–H groups in total. The van der Waals surface area contributed by atoms with Crippen molar-refractivity contribution in [1.82, 2.24) is 0 Å². The van der Waals surface area contributed by atoms with Crippen molar-refractivity contribution in [3.05, 3.63) is 33.9 Å². The lowest BCUT2D eigenvalue weighted by Crippen LogP contribution is -2.24. The van der Waals surface area contributed by atoms with Gasteiger partial charge < -0.3 is 11.1 Å². The van der Waals surface area contributed by atoms with Gasteiger partial charge in [-0.2, -0.15) is 4.39 Å². The number of nitro benzene ring substituents is 1. The molecule has 6 nitrogen and oxygen atoms in total. The first-order valence-electron chi connectivity index (χ1n) is 5.00. The van der Waals surface area contributed by atoms with Crippen molar-refractivity contribution in [2.24, 2.45) is 5.73 Å². The number of amides is 1. The van der Waals surface area contributed by atoms with E-state index in [1.165, 1.54) is 0 Å². The zero-order valence-corrected chi connectivity index (χ0v) is 9.44. The van der Waals surface area contributed by atoms with Gasteiger partial charge in [-0.05, 0) is 6.92 Å². The number of anilines is 1. The summed E-state index contributed by atoms with van der Waals surface area (Å²) in [5.41, 5.74) is 4.00. The van der Waals surface area contributed by atoms with Crippen LogP contribution in [0.15, 0.2) is 12.1 Å². The Morgan fingerprint density at radius 3 is 2.61 bits per heavy atom. The molecule has 0 saturated heterocycles. The number of carbonyl (C=O) groups is 1. The maximum Gasteiger partial charge on any atom is 0.307 e. The van der Waals surface area contributed by atoms with Crippen LogP contribution in [0.3, 0.4) is 0 Å². The van der Waals surface area contributed by atoms with Crippen LogP contribution in [0.2, 0.25) is 0 Å². The van der Waals surface area contributed by atoms with E-state index in [9.17, 15) is 23.7 Å². The van der Waals surface area contributed by atoms with Gasteiger partial charge in [-0.15, -0.1) is 0 Å². The molecule has 1 atom stereocenters. The van der Waals surface area contributed by atoms with Gasteiger partial charge in [-0.3, -0.25) is 14.9 Å². The number of nitrogens with zero attached hydrogens (tertiary/aromatic N) is 1. The summed E-state index contributed by atoms with van der Waals surface area (Å²) in [7, 11) is 0. The molecule has 0 bridgehead atoms. The highest BCUT2D eigenvalue weighted by Gasteiger charge is 2.19. The van der Waals surface area contributed by atoms with Crippen LogP contribution in [0.25, 0.3) is 0 Å². The van der Waals surface area contributed by atoms with E-state index in [2.05, 4.69) is 5.32 Å². The zero-order chi connectivity index (χ0) is 13.9. The normalized spacial score (nSPS) is 12.0. The molecule has 0 spiro atoms. The van der Waals surface area contributed by atoms with Gasteiger partial charge in [0.05, 0.1) is 10.6 Å². The third-order valence-electron chi connectivity index (χ3n) is 2.01. The SMILES string of the molecule is CC(N)CC(=O)Nc1cc([N+](=O)[O-])c(F)cc1F. The number of carbonyl (C=O) groups excluding carboxylic acids is 1. The molecule has 1 unspecified atom stereocenters. The number of nitro groups is 1. The monoisotopic (exact) mass is 259 g/mol. The summed E-state index contributed by atoms with van der Waals surface area (Å²) in [5, 5.41) is 12.6. The lowest BCUT2D eigenvalue weighted by Gasteiger charge is -2.08. The quantitative estimate of drug-likeness (QED) is 0.633. The first-order valence-corrected chi connectivity index (χ1v) is 5.00. The molecular formula is C10H11F2N3O3. The highest BCUT2D eigenvalue weighted by Crippen LogP contribution is 2.25. The Bertz CT molecular complexity index is 492. The first-order chi connectivity index (χ1) is 8.31. The number of benzene rings is 1. The van der Waals surface area contributed by atoms with Crippen LogP contribution in [-0.2, 0) is 4.79 Å². The highest BCUT2D eigenvalue weighted by molar-refractivity contribution is 5.91. The second-order valence-electron chi connectivity index (χ2n) is 3.77. The van der Waals surface area contributed by atoms with Crippen LogP contribution < -0.4 is 11.1 Å². The molecule has 8 heteroatoms. The van der Waals surface area contributed by atoms with Crippen LogP contribution in [0.4, 0.5) is 20.2 Å². The minimum Gasteiger partial charge on any atom is -0.327 e. The Kier molecular flexibility index (Phi) is 4.27. The largest absolute Gasteiger partial charge is 0.327 e. The average molecular weight is 259 g/mol. The number of nitrogens with two attached hydrogens (primary N) is 1. The maximum absolute atomic E-state index is 13.3. The number of hydrogen-bond acceptors (Lipinski definition) is 4. The van der Waals surface area contributed by atoms with Crippen LogP contribution >= 0.6 is 0 Å². The standard InChI is InChI=1S/C10H11F2N3O3/c1-5(13)2-10(16)14-8-4-9(15(17)18)7(12)3-6(8)11/h3-5H,2,13H2,1H3,(H,14,16). The summed E-state index contributed by atoms with van der Waals surface area (Å²) in [6.45, 7) is 1.57. The predicted molar refractivity (Wildman–Crippen MR) is 59.9 cm³/mol. The first kappa shape index (κ1) is 14.0. The van der Waals surface area contributed by atoms with Crippen molar-refractivity contribution < 1.29 is 18.5 Å². The predicted octanol–water partition coefficient (Wildman–Crippen LogP) is 1.55. The lowest BCUT2D eigenvalue weighted by atomic mass is 10.2. The fourth-order valence-corrected chi connectivity index (χ4v) is 1.27. The van der Waals surface area contributed by atoms with E-state index in [1.54, 1.807) is 6.92 Å². The summed E-state index contributed by atoms with van der Waals surface area (Å²) in [5.74, 6) is -3.00. The Morgan fingerprint density at radius 2 is 2.11 bits per heavy atom. The number of nitrogens with one attached hydrogen (secondary N) is 1. The van der Waals surface area contributed by atoms with Crippen LogP contribution in [0, 0.1) is 21.7 Å². The lowest BCUT2D eigenvalue weighted by molar-refractivity contribution is -0.387. The molecule has 0 fully saturated rings. The molecule has 0 aliphatic carbocycles. The smallest absolute Gasteiger partial charge is 0.307 e. The van der Waals surface area contributed by atoms with Gasteiger partial charge in [0, 0.05) is 24.6 Å². The summed E-state index contributed by atoms with van der Waals surface area (Å²) >= 11 is 0. The molecule has 0 aromatic heterocycles. The third-order valence-corrected chi connectivity index (χ3v) is 2.01. The molecule has 98 valence electrons. The van der Waals surface area contributed by atoms with E-state index in [4.69, 9.17) is 5.73 Å². The molecule has 1 rings (SSSR count). The summed E-state index contributed by atoms with van der Waals surface area (Å²) in [6.07, 6.45) is -0.0788. The van der Waals surface area contributed by atoms with E-state index < -0.39 is 39.9 Å². The molecule has 0 aliphatic heterocycles. The molecule has 1 amide bonds. The summed E-state index contributed by atoms with van der Waals surface area (Å²) < 4.78 is 26.3. The van der Waals surface area contributed by atoms with E-state index >= 15 is 0 Å². The van der Waals surface area contributed by atoms with Gasteiger partial charge in [-0.1, -0.05) is 0 Å². The summed E-state index contributed by atoms with van der Waals surface area (Å²) in [4.78, 5) is 20.8. The van der Waals surface area contributed by atoms with Crippen molar-refractivity contribution in [1.29, 1.82) is 0 Å². The molecule has 0 saturated carbocycles. The van der Waals surface area contributed by atoms with Crippen molar-refractivity contribution in [2.75, 3.05) is 5.32 Å². The van der Waals surface area contributed by atoms with Crippen molar-refractivity contribution >= 4 is 17.3 Å². The fourth-order valence-electron chi connectivity index (χ4n) is 1.27. The summed E-state index contributed by atoms with van der Waals surface area (Å²) in [6, 6.07) is 0.534. The van der Waals surface area contributed by atoms with E-state index in [1.807, 2.05) is 0 Å². The van der Waals surface area contributed by atoms with Crippen molar-refractivity contribution in [3.8, 4) is 0 Å². The molecule has 18 heavy (non-hydrogen) atoms. The van der Waals surface area contributed by atoms with Crippen LogP contribution in [0.5, 0.6) is 0 Å². The van der Waals surface area contributed by atoms with Crippen LogP contribution in [0.1, 0.15) is 13.3 Å². The maximum atomic E-state index is 13.3. The highest BCUT2D eigenvalue weighted by atomic mass is 19.1. The number of hydrogen-bond donors (Lipinski definition) is 2. The van der Waals surface area contributed by atoms with Gasteiger partial charge >= 0.3 is 5.69 Å². The Labute approximate surface area is 101 Å². The third kappa shape index (κ3) is 3.45. The second-order valence-corrected chi connectivity index (χ2v) is 3.77. The Morgan fingerprint density at radius 1 is 1.50 bits per heavy atom. The molecule has 0 heterocycles. The van der Waals surface area contributed by atoms with Gasteiger partial charge in [0.1, 0.15) is 5.82 Å². The number of halogens is 2. The molecule has 0 aliphatic rings. The molecular weight excluding hydrogens is 248 g/mol. The van der Waals surface area contributed by atoms with E-state index in [-0.39, 0.29) is 6.42 Å². The van der Waals surface area contributed by atoms with Crippen LogP contribution in [-0.4, -0.2) is 16.9 Å². The average Bonchev–Trinajstić information content (AvgIpc) is 2.20. The topological polar surface area (TPSA) is 98.3 Å². The Hall–Kier alpha value is -2.09. The van der Waals surface area contributed by atoms with Gasteiger partial charge in [0.25, 0.3) is 0 Å².